The molecule has 3 aromatic rings. The molecule has 1 fully saturated rings. The van der Waals surface area contributed by atoms with Crippen molar-refractivity contribution in [3.05, 3.63) is 61.0 Å². The molecule has 3 amide bonds. The number of nitrogens with one attached hydrogen (secondary N) is 2. The predicted octanol–water partition coefficient (Wildman–Crippen LogP) is 3.69. The summed E-state index contributed by atoms with van der Waals surface area (Å²) in [5.41, 5.74) is 8.05. The number of rotatable bonds is 6. The lowest BCUT2D eigenvalue weighted by molar-refractivity contribution is -0.134. The topological polar surface area (TPSA) is 114 Å². The van der Waals surface area contributed by atoms with E-state index in [0.29, 0.717) is 29.4 Å². The van der Waals surface area contributed by atoms with Crippen LogP contribution in [0.3, 0.4) is 0 Å². The second kappa shape index (κ2) is 11.2. The summed E-state index contributed by atoms with van der Waals surface area (Å²) >= 11 is 2.69. The molecule has 2 aromatic heterocycles. The lowest BCUT2D eigenvalue weighted by Gasteiger charge is -2.31. The van der Waals surface area contributed by atoms with Crippen LogP contribution in [0.4, 0.5) is 0 Å². The monoisotopic (exact) mass is 527 g/mol. The molecule has 3 heterocycles. The third-order valence-corrected chi connectivity index (χ3v) is 8.27. The fraction of sp³-hybridized carbons (Fsp3) is 0.400. The van der Waals surface area contributed by atoms with Gasteiger partial charge in [0.15, 0.2) is 6.61 Å². The summed E-state index contributed by atoms with van der Waals surface area (Å²) in [6, 6.07) is 5.81. The maximum atomic E-state index is 12.6. The average molecular weight is 528 g/mol. The molecule has 36 heavy (non-hydrogen) atoms. The number of aromatic nitrogens is 2. The van der Waals surface area contributed by atoms with E-state index in [1.807, 2.05) is 43.9 Å². The first kappa shape index (κ1) is 25.8. The molecule has 11 heteroatoms. The van der Waals surface area contributed by atoms with Crippen molar-refractivity contribution < 1.29 is 19.1 Å². The minimum absolute atomic E-state index is 0.0150. The number of hydrogen-bond donors (Lipinski definition) is 2. The Morgan fingerprint density at radius 1 is 1.03 bits per heavy atom. The van der Waals surface area contributed by atoms with Crippen molar-refractivity contribution in [3.63, 3.8) is 0 Å². The number of hydrazine groups is 1. The summed E-state index contributed by atoms with van der Waals surface area (Å²) in [6.45, 7) is 8.88. The summed E-state index contributed by atoms with van der Waals surface area (Å²) < 4.78 is 5.69. The number of carbonyl (C=O) groups is 3. The highest BCUT2D eigenvalue weighted by Gasteiger charge is 2.27. The first-order valence-electron chi connectivity index (χ1n) is 11.7. The van der Waals surface area contributed by atoms with Crippen LogP contribution in [-0.4, -0.2) is 52.3 Å². The van der Waals surface area contributed by atoms with Gasteiger partial charge >= 0.3 is 0 Å². The van der Waals surface area contributed by atoms with E-state index in [1.165, 1.54) is 28.2 Å². The zero-order valence-electron chi connectivity index (χ0n) is 20.7. The molecule has 0 unspecified atom stereocenters. The Bertz CT molecular complexity index is 1280. The summed E-state index contributed by atoms with van der Waals surface area (Å²) in [6.07, 6.45) is 1.54. The number of hydrogen-bond acceptors (Lipinski definition) is 8. The molecule has 9 nitrogen and oxygen atoms in total. The van der Waals surface area contributed by atoms with Gasteiger partial charge in [0, 0.05) is 24.4 Å². The fourth-order valence-electron chi connectivity index (χ4n) is 3.97. The van der Waals surface area contributed by atoms with Crippen molar-refractivity contribution in [2.45, 2.75) is 46.5 Å². The minimum Gasteiger partial charge on any atom is -0.484 e. The fourth-order valence-corrected chi connectivity index (χ4v) is 5.76. The molecule has 0 saturated carbocycles. The largest absolute Gasteiger partial charge is 0.484 e. The van der Waals surface area contributed by atoms with Crippen LogP contribution >= 0.6 is 22.7 Å². The number of ether oxygens (including phenoxy) is 1. The first-order valence-corrected chi connectivity index (χ1v) is 13.4. The number of amides is 3. The van der Waals surface area contributed by atoms with E-state index in [-0.39, 0.29) is 24.1 Å². The molecule has 0 spiro atoms. The van der Waals surface area contributed by atoms with E-state index in [4.69, 9.17) is 4.74 Å². The van der Waals surface area contributed by atoms with Crippen molar-refractivity contribution in [3.8, 4) is 5.75 Å². The molecular formula is C25H29N5O4S2. The van der Waals surface area contributed by atoms with Gasteiger partial charge in [-0.1, -0.05) is 6.07 Å². The average Bonchev–Trinajstić information content (AvgIpc) is 3.49. The van der Waals surface area contributed by atoms with Crippen LogP contribution in [-0.2, 0) is 4.79 Å². The SMILES string of the molecule is Cc1nc(C)c(C(=O)NNC(=O)c2csc(C3CCN(C(=O)COc4ccc(C)c(C)c4)CC3)n2)s1. The van der Waals surface area contributed by atoms with E-state index in [9.17, 15) is 14.4 Å². The van der Waals surface area contributed by atoms with E-state index < -0.39 is 11.8 Å². The van der Waals surface area contributed by atoms with Gasteiger partial charge in [0.1, 0.15) is 16.3 Å². The van der Waals surface area contributed by atoms with E-state index >= 15 is 0 Å². The van der Waals surface area contributed by atoms with Gasteiger partial charge in [-0.05, 0) is 63.8 Å². The molecule has 0 aliphatic carbocycles. The quantitative estimate of drug-likeness (QED) is 0.473. The molecule has 4 rings (SSSR count). The number of aryl methyl sites for hydroxylation is 4. The summed E-state index contributed by atoms with van der Waals surface area (Å²) in [7, 11) is 0. The molecule has 1 aliphatic rings. The zero-order valence-corrected chi connectivity index (χ0v) is 22.3. The summed E-state index contributed by atoms with van der Waals surface area (Å²) in [4.78, 5) is 48.4. The van der Waals surface area contributed by atoms with Crippen LogP contribution in [0.1, 0.15) is 65.8 Å². The maximum absolute atomic E-state index is 12.6. The van der Waals surface area contributed by atoms with Crippen molar-refractivity contribution in [1.29, 1.82) is 0 Å². The lowest BCUT2D eigenvalue weighted by atomic mass is 9.97. The standard InChI is InChI=1S/C25H29N5O4S2/c1-14-5-6-19(11-15(14)2)34-12-21(31)30-9-7-18(8-10-30)25-27-20(13-35-25)23(32)28-29-24(33)22-16(3)26-17(4)36-22/h5-6,11,13,18H,7-10,12H2,1-4H3,(H,28,32)(H,29,33). The third kappa shape index (κ3) is 6.08. The number of benzene rings is 1. The van der Waals surface area contributed by atoms with E-state index in [1.54, 1.807) is 12.3 Å². The zero-order chi connectivity index (χ0) is 25.8. The van der Waals surface area contributed by atoms with Crippen LogP contribution in [0.5, 0.6) is 5.75 Å². The predicted molar refractivity (Wildman–Crippen MR) is 139 cm³/mol. The van der Waals surface area contributed by atoms with Crippen LogP contribution in [0.2, 0.25) is 0 Å². The lowest BCUT2D eigenvalue weighted by Crippen LogP contribution is -2.41. The van der Waals surface area contributed by atoms with Crippen LogP contribution in [0.15, 0.2) is 23.6 Å². The normalized spacial score (nSPS) is 13.9. The van der Waals surface area contributed by atoms with Gasteiger partial charge in [0.25, 0.3) is 17.7 Å². The molecule has 190 valence electrons. The van der Waals surface area contributed by atoms with Crippen molar-refractivity contribution in [2.24, 2.45) is 0 Å². The molecule has 1 saturated heterocycles. The van der Waals surface area contributed by atoms with Crippen LogP contribution in [0.25, 0.3) is 0 Å². The van der Waals surface area contributed by atoms with Crippen LogP contribution < -0.4 is 15.6 Å². The number of nitrogens with zero attached hydrogens (tertiary/aromatic N) is 3. The maximum Gasteiger partial charge on any atom is 0.289 e. The third-order valence-electron chi connectivity index (χ3n) is 6.19. The molecule has 0 atom stereocenters. The highest BCUT2D eigenvalue weighted by Crippen LogP contribution is 2.30. The van der Waals surface area contributed by atoms with E-state index in [0.717, 1.165) is 28.4 Å². The second-order valence-corrected chi connectivity index (χ2v) is 10.9. The minimum atomic E-state index is -0.471. The highest BCUT2D eigenvalue weighted by molar-refractivity contribution is 7.13. The van der Waals surface area contributed by atoms with Crippen molar-refractivity contribution >= 4 is 40.4 Å². The summed E-state index contributed by atoms with van der Waals surface area (Å²) in [5.74, 6) is -0.0311. The molecule has 0 bridgehead atoms. The van der Waals surface area contributed by atoms with Crippen LogP contribution in [0, 0.1) is 27.7 Å². The van der Waals surface area contributed by atoms with Gasteiger partial charge in [-0.15, -0.1) is 22.7 Å². The van der Waals surface area contributed by atoms with Crippen molar-refractivity contribution in [2.75, 3.05) is 19.7 Å². The van der Waals surface area contributed by atoms with Crippen molar-refractivity contribution in [1.82, 2.24) is 25.7 Å². The second-order valence-electron chi connectivity index (χ2n) is 8.82. The smallest absolute Gasteiger partial charge is 0.289 e. The highest BCUT2D eigenvalue weighted by atomic mass is 32.1. The number of carbonyl (C=O) groups excluding carboxylic acids is 3. The first-order chi connectivity index (χ1) is 17.2. The number of thiazole rings is 2. The van der Waals surface area contributed by atoms with E-state index in [2.05, 4.69) is 20.8 Å². The molecule has 2 N–H and O–H groups in total. The Kier molecular flexibility index (Phi) is 8.00. The Labute approximate surface area is 217 Å². The Balaban J connectivity index is 1.24. The molecule has 1 aromatic carbocycles. The van der Waals surface area contributed by atoms with Gasteiger partial charge in [0.05, 0.1) is 15.7 Å². The Morgan fingerprint density at radius 2 is 1.75 bits per heavy atom. The van der Waals surface area contributed by atoms with Gasteiger partial charge in [-0.25, -0.2) is 9.97 Å². The molecule has 1 aliphatic heterocycles. The molecular weight excluding hydrogens is 498 g/mol. The summed E-state index contributed by atoms with van der Waals surface area (Å²) in [5, 5.41) is 3.34. The Morgan fingerprint density at radius 3 is 2.42 bits per heavy atom. The van der Waals surface area contributed by atoms with Gasteiger partial charge in [-0.3, -0.25) is 25.2 Å². The Hall–Kier alpha value is -3.31. The van der Waals surface area contributed by atoms with Gasteiger partial charge in [0.2, 0.25) is 0 Å². The van der Waals surface area contributed by atoms with Gasteiger partial charge in [-0.2, -0.15) is 0 Å². The number of piperidine rings is 1. The van der Waals surface area contributed by atoms with Gasteiger partial charge < -0.3 is 9.64 Å². The number of likely N-dealkylation sites (tertiary alicyclic amines) is 1. The molecule has 0 radical (unpaired) electrons.